The third kappa shape index (κ3) is 23.0. The maximum absolute atomic E-state index is 14.0. The van der Waals surface area contributed by atoms with Crippen LogP contribution in [0.25, 0.3) is 0 Å². The molecule has 0 unspecified atom stereocenters. The van der Waals surface area contributed by atoms with E-state index < -0.39 is 43.7 Å². The number of likely N-dealkylation sites (tertiary alicyclic amines) is 2. The minimum absolute atomic E-state index is 0.165. The number of hydrogen-bond donors (Lipinski definition) is 6. The van der Waals surface area contributed by atoms with Gasteiger partial charge in [-0.1, -0.05) is 65.1 Å². The minimum atomic E-state index is -3.55. The number of halogens is 3. The van der Waals surface area contributed by atoms with E-state index in [1.165, 1.54) is 83.9 Å². The number of methoxy groups -OCH3 is 4. The Kier molecular flexibility index (Phi) is 29.8. The summed E-state index contributed by atoms with van der Waals surface area (Å²) in [7, 11) is -4.97. The topological polar surface area (TPSA) is 299 Å². The zero-order valence-electron chi connectivity index (χ0n) is 65.7. The van der Waals surface area contributed by atoms with Gasteiger partial charge in [0.15, 0.2) is 27.3 Å². The molecule has 0 spiro atoms. The molecule has 0 aliphatic carbocycles. The van der Waals surface area contributed by atoms with Crippen molar-refractivity contribution in [1.29, 1.82) is 0 Å². The number of hydrogen-bond acceptors (Lipinski definition) is 25. The van der Waals surface area contributed by atoms with E-state index in [4.69, 9.17) is 53.8 Å². The van der Waals surface area contributed by atoms with Gasteiger partial charge in [-0.15, -0.1) is 0 Å². The van der Waals surface area contributed by atoms with Crippen molar-refractivity contribution in [3.63, 3.8) is 0 Å². The fraction of sp³-hybridized carbons (Fsp3) is 0.392. The van der Waals surface area contributed by atoms with Gasteiger partial charge < -0.3 is 78.9 Å². The largest absolute Gasteiger partial charge is 0.495 e. The number of unbranched alkanes of at least 4 members (excludes halogenated alkanes) is 1. The van der Waals surface area contributed by atoms with Crippen LogP contribution in [0.1, 0.15) is 57.9 Å². The van der Waals surface area contributed by atoms with Crippen LogP contribution in [0.2, 0.25) is 15.1 Å². The van der Waals surface area contributed by atoms with Gasteiger partial charge in [0.1, 0.15) is 66.6 Å². The maximum atomic E-state index is 14.0. The Balaban J connectivity index is 0.000000180. The molecule has 112 heavy (non-hydrogen) atoms. The second-order valence-corrected chi connectivity index (χ2v) is 45.7. The Morgan fingerprint density at radius 1 is 0.509 bits per heavy atom. The molecule has 3 aromatic heterocycles. The van der Waals surface area contributed by atoms with Crippen molar-refractivity contribution in [2.45, 2.75) is 75.0 Å². The Hall–Kier alpha value is -7.82. The first kappa shape index (κ1) is 86.6. The highest BCUT2D eigenvalue weighted by atomic mass is 35.5. The lowest BCUT2D eigenvalue weighted by molar-refractivity contribution is 0.129. The van der Waals surface area contributed by atoms with Crippen LogP contribution in [-0.2, 0) is 34.5 Å². The van der Waals surface area contributed by atoms with E-state index in [1.807, 2.05) is 48.5 Å². The Morgan fingerprint density at radius 2 is 0.938 bits per heavy atom. The predicted octanol–water partition coefficient (Wildman–Crippen LogP) is 16.6. The number of para-hydroxylation sites is 2. The van der Waals surface area contributed by atoms with Gasteiger partial charge in [-0.25, -0.2) is 23.4 Å². The molecule has 0 atom stereocenters. The van der Waals surface area contributed by atoms with Crippen molar-refractivity contribution in [3.8, 4) is 23.0 Å². The number of nitrogens with zero attached hydrogens (tertiary/aromatic N) is 9. The zero-order chi connectivity index (χ0) is 80.7. The molecule has 9 aromatic rings. The molecule has 25 nitrogen and oxygen atoms in total. The smallest absolute Gasteiger partial charge is 0.229 e. The molecular formula is C79H102Cl3N15O10P4S. The van der Waals surface area contributed by atoms with Gasteiger partial charge in [-0.2, -0.15) is 15.0 Å². The van der Waals surface area contributed by atoms with Gasteiger partial charge in [0.2, 0.25) is 17.8 Å². The number of piperidine rings is 1. The predicted molar refractivity (Wildman–Crippen MR) is 463 cm³/mol. The van der Waals surface area contributed by atoms with E-state index in [0.29, 0.717) is 102 Å². The molecule has 33 heteroatoms. The van der Waals surface area contributed by atoms with Crippen LogP contribution in [0.4, 0.5) is 69.4 Å². The molecule has 600 valence electrons. The molecule has 6 N–H and O–H groups in total. The average Bonchev–Trinajstić information content (AvgIpc) is 1.45. The van der Waals surface area contributed by atoms with Gasteiger partial charge in [0.25, 0.3) is 0 Å². The first-order valence-electron chi connectivity index (χ1n) is 37.0. The first-order valence-corrected chi connectivity index (χ1v) is 49.5. The SMILES string of the molecule is COc1cc(CCCCN2CCCC2)ccc1Nc1ncc(Cl)c(Nc2ccccc2P(C)(C)=O)n1.COc1cc(P(C)(C)=O)ccc1Nc1ncc(Cl)c(Nc2ccc(P(C)(C)=O)cc2OC)n1.COc1cc(P2(=O)CCN(C3CCN(C)CC3)CC2)ccc1Nc1ncc(Cl)c(Nc2ccccc2S(=O)(=O)C(C)C)n1. The summed E-state index contributed by atoms with van der Waals surface area (Å²) in [5, 5.41) is 22.3. The van der Waals surface area contributed by atoms with Crippen molar-refractivity contribution in [3.05, 3.63) is 161 Å². The summed E-state index contributed by atoms with van der Waals surface area (Å²) >= 11 is 19.1. The standard InChI is InChI=1S/C30H40ClN6O4PS.C27H35ClN5O2P.C22H27ClN4O4P2/c1-21(2)43(39,40)28-8-6-5-7-26(28)33-29-24(31)20-32-30(35-29)34-25-10-9-23(19-27(25)41-4)42(38)17-15-37(16-18-42)22-11-13-36(3)14-12-22;1-35-24-18-20(10-6-7-15-33-16-8-9-17-33)13-14-22(24)31-27-29-19-21(28)26(32-27)30-23-11-4-5-12-25(23)36(2,3)34;1-30-19-11-14(32(3,4)28)7-9-17(19)25-21-16(23)13-24-22(27-21)26-18-10-8-15(33(5,6)29)12-20(18)31-2/h5-10,19-22H,11-18H2,1-4H3,(H2,32,33,34,35);4-5,11-14,18-19H,6-10,15-17H2,1-3H3,(H2,29,30,31,32);7-13H,1-6H3,(H2,24,25,26,27). The number of ether oxygens (including phenoxy) is 4. The van der Waals surface area contributed by atoms with Crippen molar-refractivity contribution in [1.82, 2.24) is 44.6 Å². The van der Waals surface area contributed by atoms with E-state index in [2.05, 4.69) is 95.7 Å². The van der Waals surface area contributed by atoms with Crippen LogP contribution < -0.4 is 72.1 Å². The van der Waals surface area contributed by atoms with Crippen LogP contribution in [0.15, 0.2) is 145 Å². The summed E-state index contributed by atoms with van der Waals surface area (Å²) in [6.45, 7) is 21.2. The van der Waals surface area contributed by atoms with Gasteiger partial charge in [-0.05, 0) is 235 Å². The Bertz CT molecular complexity index is 5090. The van der Waals surface area contributed by atoms with Crippen LogP contribution in [-0.4, -0.2) is 198 Å². The molecule has 0 bridgehead atoms. The highest BCUT2D eigenvalue weighted by Crippen LogP contribution is 2.49. The third-order valence-electron chi connectivity index (χ3n) is 19.7. The summed E-state index contributed by atoms with van der Waals surface area (Å²) in [5.41, 5.74) is 4.95. The van der Waals surface area contributed by atoms with Crippen LogP contribution in [0, 0.1) is 0 Å². The third-order valence-corrected chi connectivity index (χ3v) is 30.4. The number of aromatic nitrogens is 6. The van der Waals surface area contributed by atoms with Gasteiger partial charge >= 0.3 is 0 Å². The first-order chi connectivity index (χ1) is 53.2. The molecule has 3 saturated heterocycles. The average molecular weight is 1680 g/mol. The molecule has 0 saturated carbocycles. The number of nitrogens with one attached hydrogen (secondary N) is 6. The zero-order valence-corrected chi connectivity index (χ0v) is 72.3. The molecule has 3 aliphatic heterocycles. The van der Waals surface area contributed by atoms with Crippen molar-refractivity contribution < 1.29 is 45.6 Å². The summed E-state index contributed by atoms with van der Waals surface area (Å²) < 4.78 is 99.6. The second kappa shape index (κ2) is 38.5. The number of benzene rings is 6. The number of aryl methyl sites for hydroxylation is 1. The summed E-state index contributed by atoms with van der Waals surface area (Å²) in [6, 6.07) is 37.1. The summed E-state index contributed by atoms with van der Waals surface area (Å²) in [4.78, 5) is 34.0. The van der Waals surface area contributed by atoms with Crippen molar-refractivity contribution in [2.75, 3.05) is 166 Å². The monoisotopic (exact) mass is 1680 g/mol. The second-order valence-electron chi connectivity index (χ2n) is 29.2. The molecule has 12 rings (SSSR count). The van der Waals surface area contributed by atoms with Gasteiger partial charge in [0.05, 0.1) is 91.3 Å². The highest BCUT2D eigenvalue weighted by molar-refractivity contribution is 7.92. The lowest BCUT2D eigenvalue weighted by Crippen LogP contribution is -2.48. The molecule has 6 heterocycles. The van der Waals surface area contributed by atoms with Gasteiger partial charge in [0, 0.05) is 52.7 Å². The Labute approximate surface area is 673 Å². The fourth-order valence-corrected chi connectivity index (χ4v) is 20.2. The quantitative estimate of drug-likeness (QED) is 0.0196. The molecule has 0 amide bonds. The molecule has 0 radical (unpaired) electrons. The maximum Gasteiger partial charge on any atom is 0.229 e. The van der Waals surface area contributed by atoms with E-state index in [-0.39, 0.29) is 27.6 Å². The lowest BCUT2D eigenvalue weighted by Gasteiger charge is -2.41. The highest BCUT2D eigenvalue weighted by Gasteiger charge is 2.35. The van der Waals surface area contributed by atoms with E-state index in [1.54, 1.807) is 135 Å². The molecule has 3 aliphatic rings. The normalized spacial score (nSPS) is 15.1. The van der Waals surface area contributed by atoms with E-state index >= 15 is 0 Å². The van der Waals surface area contributed by atoms with Crippen molar-refractivity contribution in [2.24, 2.45) is 0 Å². The molecule has 6 aromatic carbocycles. The molecule has 3 fully saturated rings. The van der Waals surface area contributed by atoms with E-state index in [9.17, 15) is 26.7 Å². The fourth-order valence-electron chi connectivity index (χ4n) is 13.1. The van der Waals surface area contributed by atoms with Crippen LogP contribution >= 0.6 is 63.4 Å². The Morgan fingerprint density at radius 3 is 1.42 bits per heavy atom. The lowest BCUT2D eigenvalue weighted by atomic mass is 10.0. The van der Waals surface area contributed by atoms with Crippen LogP contribution in [0.3, 0.4) is 0 Å². The number of anilines is 12. The van der Waals surface area contributed by atoms with Crippen molar-refractivity contribution >= 4 is 164 Å². The number of sulfone groups is 1. The van der Waals surface area contributed by atoms with Crippen LogP contribution in [0.5, 0.6) is 23.0 Å². The summed E-state index contributed by atoms with van der Waals surface area (Å²) in [6.07, 6.45) is 14.2. The number of rotatable bonds is 28. The molecular weight excluding hydrogens is 1580 g/mol. The summed E-state index contributed by atoms with van der Waals surface area (Å²) in [5.74, 6) is 4.25. The van der Waals surface area contributed by atoms with Gasteiger partial charge in [-0.3, -0.25) is 4.90 Å². The van der Waals surface area contributed by atoms with E-state index in [0.717, 1.165) is 61.1 Å². The minimum Gasteiger partial charge on any atom is -0.495 e.